The van der Waals surface area contributed by atoms with Crippen LogP contribution in [-0.4, -0.2) is 43.2 Å². The maximum absolute atomic E-state index is 12.0. The summed E-state index contributed by atoms with van der Waals surface area (Å²) in [5.74, 6) is 1.46. The smallest absolute Gasteiger partial charge is 0.240 e. The van der Waals surface area contributed by atoms with Crippen molar-refractivity contribution in [3.63, 3.8) is 0 Å². The molecule has 0 aliphatic carbocycles. The molecule has 9 nitrogen and oxygen atoms in total. The number of imidazole rings is 1. The first-order valence-electron chi connectivity index (χ1n) is 10.6. The Kier molecular flexibility index (Phi) is 5.77. The second-order valence-electron chi connectivity index (χ2n) is 8.01. The maximum Gasteiger partial charge on any atom is 0.240 e. The summed E-state index contributed by atoms with van der Waals surface area (Å²) < 4.78 is 8.12. The SMILES string of the molecule is CCC(C)[C@H](Nc1cc2c3c(c1)nc(-c1cc(C)nc(CO)n1)n3CCCO2)C(N)=O. The first-order chi connectivity index (χ1) is 14.9. The fraction of sp³-hybridized carbons (Fsp3) is 0.455. The highest BCUT2D eigenvalue weighted by Gasteiger charge is 2.25. The second kappa shape index (κ2) is 8.50. The predicted octanol–water partition coefficient (Wildman–Crippen LogP) is 2.39. The molecule has 1 aromatic carbocycles. The fourth-order valence-corrected chi connectivity index (χ4v) is 3.97. The molecule has 1 aliphatic heterocycles. The summed E-state index contributed by atoms with van der Waals surface area (Å²) in [6.07, 6.45) is 1.65. The van der Waals surface area contributed by atoms with E-state index in [0.717, 1.165) is 41.8 Å². The van der Waals surface area contributed by atoms with Gasteiger partial charge in [-0.25, -0.2) is 15.0 Å². The molecule has 2 aromatic heterocycles. The van der Waals surface area contributed by atoms with Crippen LogP contribution in [0.3, 0.4) is 0 Å². The number of amides is 1. The van der Waals surface area contributed by atoms with Crippen molar-refractivity contribution in [3.8, 4) is 17.3 Å². The summed E-state index contributed by atoms with van der Waals surface area (Å²) in [6, 6.07) is 5.18. The zero-order valence-electron chi connectivity index (χ0n) is 18.1. The molecule has 9 heteroatoms. The van der Waals surface area contributed by atoms with Gasteiger partial charge in [0.05, 0.1) is 12.1 Å². The zero-order valence-corrected chi connectivity index (χ0v) is 18.1. The largest absolute Gasteiger partial charge is 0.491 e. The summed E-state index contributed by atoms with van der Waals surface area (Å²) in [5.41, 5.74) is 9.42. The number of benzene rings is 1. The van der Waals surface area contributed by atoms with E-state index < -0.39 is 6.04 Å². The van der Waals surface area contributed by atoms with E-state index in [9.17, 15) is 9.90 Å². The van der Waals surface area contributed by atoms with Crippen LogP contribution in [0, 0.1) is 12.8 Å². The number of aliphatic hydroxyl groups excluding tert-OH is 1. The van der Waals surface area contributed by atoms with E-state index in [-0.39, 0.29) is 18.4 Å². The Labute approximate surface area is 180 Å². The molecule has 0 fully saturated rings. The summed E-state index contributed by atoms with van der Waals surface area (Å²) in [4.78, 5) is 25.6. The lowest BCUT2D eigenvalue weighted by atomic mass is 9.98. The minimum absolute atomic E-state index is 0.0854. The van der Waals surface area contributed by atoms with Crippen LogP contribution in [0.25, 0.3) is 22.6 Å². The predicted molar refractivity (Wildman–Crippen MR) is 118 cm³/mol. The monoisotopic (exact) mass is 424 g/mol. The number of nitrogens with one attached hydrogen (secondary N) is 1. The molecule has 4 N–H and O–H groups in total. The van der Waals surface area contributed by atoms with Gasteiger partial charge < -0.3 is 25.5 Å². The molecule has 2 atom stereocenters. The quantitative estimate of drug-likeness (QED) is 0.531. The molecule has 1 unspecified atom stereocenters. The third-order valence-corrected chi connectivity index (χ3v) is 5.70. The van der Waals surface area contributed by atoms with Gasteiger partial charge in [0.25, 0.3) is 0 Å². The van der Waals surface area contributed by atoms with E-state index in [2.05, 4.69) is 19.9 Å². The Hall–Kier alpha value is -3.20. The summed E-state index contributed by atoms with van der Waals surface area (Å²) in [6.45, 7) is 6.97. The lowest BCUT2D eigenvalue weighted by Gasteiger charge is -2.22. The van der Waals surface area contributed by atoms with Crippen molar-refractivity contribution in [3.05, 3.63) is 29.7 Å². The van der Waals surface area contributed by atoms with Gasteiger partial charge in [-0.05, 0) is 31.4 Å². The van der Waals surface area contributed by atoms with Gasteiger partial charge in [0.1, 0.15) is 29.6 Å². The number of carbonyl (C=O) groups is 1. The average molecular weight is 425 g/mol. The molecular formula is C22H28N6O3. The third kappa shape index (κ3) is 4.05. The standard InChI is InChI=1S/C22H28N6O3/c1-4-12(2)19(21(23)30)25-14-9-15-20-17(10-14)31-7-5-6-28(20)22(27-15)16-8-13(3)24-18(11-29)26-16/h8-10,12,19,25,29H,4-7,11H2,1-3H3,(H2,23,30)/t12?,19-/m0/s1. The molecule has 0 spiro atoms. The summed E-state index contributed by atoms with van der Waals surface area (Å²) in [7, 11) is 0. The van der Waals surface area contributed by atoms with Gasteiger partial charge in [-0.15, -0.1) is 0 Å². The van der Waals surface area contributed by atoms with Gasteiger partial charge in [-0.2, -0.15) is 0 Å². The molecule has 3 aromatic rings. The number of aryl methyl sites for hydroxylation is 2. The number of primary amides is 1. The minimum Gasteiger partial charge on any atom is -0.491 e. The van der Waals surface area contributed by atoms with Crippen molar-refractivity contribution >= 4 is 22.6 Å². The lowest BCUT2D eigenvalue weighted by molar-refractivity contribution is -0.119. The topological polar surface area (TPSA) is 128 Å². The fourth-order valence-electron chi connectivity index (χ4n) is 3.97. The van der Waals surface area contributed by atoms with E-state index in [0.29, 0.717) is 29.7 Å². The Bertz CT molecular complexity index is 1130. The highest BCUT2D eigenvalue weighted by molar-refractivity contribution is 5.90. The number of nitrogens with two attached hydrogens (primary N) is 1. The lowest BCUT2D eigenvalue weighted by Crippen LogP contribution is -2.40. The third-order valence-electron chi connectivity index (χ3n) is 5.70. The highest BCUT2D eigenvalue weighted by Crippen LogP contribution is 2.36. The van der Waals surface area contributed by atoms with Gasteiger partial charge in [-0.3, -0.25) is 4.79 Å². The van der Waals surface area contributed by atoms with Crippen LogP contribution in [0.1, 0.15) is 38.2 Å². The average Bonchev–Trinajstić information content (AvgIpc) is 2.98. The van der Waals surface area contributed by atoms with Crippen molar-refractivity contribution in [2.75, 3.05) is 11.9 Å². The van der Waals surface area contributed by atoms with Crippen LogP contribution in [0.4, 0.5) is 5.69 Å². The van der Waals surface area contributed by atoms with Crippen LogP contribution >= 0.6 is 0 Å². The Morgan fingerprint density at radius 1 is 1.32 bits per heavy atom. The number of ether oxygens (including phenoxy) is 1. The molecule has 1 amide bonds. The molecule has 0 radical (unpaired) electrons. The maximum atomic E-state index is 12.0. The number of carbonyl (C=O) groups excluding carboxylic acids is 1. The van der Waals surface area contributed by atoms with E-state index in [1.807, 2.05) is 39.0 Å². The molecule has 0 bridgehead atoms. The van der Waals surface area contributed by atoms with E-state index >= 15 is 0 Å². The molecule has 1 aliphatic rings. The van der Waals surface area contributed by atoms with Crippen LogP contribution < -0.4 is 15.8 Å². The van der Waals surface area contributed by atoms with E-state index in [4.69, 9.17) is 15.5 Å². The van der Waals surface area contributed by atoms with Gasteiger partial charge >= 0.3 is 0 Å². The van der Waals surface area contributed by atoms with Gasteiger partial charge in [0, 0.05) is 24.0 Å². The molecule has 3 heterocycles. The number of rotatable bonds is 7. The number of hydrogen-bond acceptors (Lipinski definition) is 7. The molecular weight excluding hydrogens is 396 g/mol. The Morgan fingerprint density at radius 2 is 2.13 bits per heavy atom. The van der Waals surface area contributed by atoms with Gasteiger partial charge in [0.2, 0.25) is 5.91 Å². The van der Waals surface area contributed by atoms with Crippen molar-refractivity contribution in [1.29, 1.82) is 0 Å². The van der Waals surface area contributed by atoms with Crippen LogP contribution in [0.15, 0.2) is 18.2 Å². The Balaban J connectivity index is 1.84. The molecule has 0 saturated heterocycles. The van der Waals surface area contributed by atoms with Crippen LogP contribution in [0.2, 0.25) is 0 Å². The number of hydrogen-bond donors (Lipinski definition) is 3. The first-order valence-corrected chi connectivity index (χ1v) is 10.6. The first kappa shape index (κ1) is 21.0. The van der Waals surface area contributed by atoms with Crippen LogP contribution in [-0.2, 0) is 17.9 Å². The highest BCUT2D eigenvalue weighted by atomic mass is 16.5. The summed E-state index contributed by atoms with van der Waals surface area (Å²) in [5, 5.41) is 12.8. The molecule has 4 rings (SSSR count). The van der Waals surface area contributed by atoms with Crippen molar-refractivity contribution < 1.29 is 14.6 Å². The second-order valence-corrected chi connectivity index (χ2v) is 8.01. The van der Waals surface area contributed by atoms with Crippen molar-refractivity contribution in [1.82, 2.24) is 19.5 Å². The Morgan fingerprint density at radius 3 is 2.84 bits per heavy atom. The van der Waals surface area contributed by atoms with Crippen molar-refractivity contribution in [2.45, 2.75) is 52.8 Å². The van der Waals surface area contributed by atoms with Crippen LogP contribution in [0.5, 0.6) is 5.75 Å². The minimum atomic E-state index is -0.487. The van der Waals surface area contributed by atoms with Crippen molar-refractivity contribution in [2.24, 2.45) is 11.7 Å². The molecule has 31 heavy (non-hydrogen) atoms. The number of aliphatic hydroxyl groups is 1. The van der Waals surface area contributed by atoms with E-state index in [1.165, 1.54) is 0 Å². The van der Waals surface area contributed by atoms with Gasteiger partial charge in [0.15, 0.2) is 11.6 Å². The number of aromatic nitrogens is 4. The molecule has 0 saturated carbocycles. The molecule has 164 valence electrons. The number of anilines is 1. The van der Waals surface area contributed by atoms with E-state index in [1.54, 1.807) is 0 Å². The zero-order chi connectivity index (χ0) is 22.1. The number of nitrogens with zero attached hydrogens (tertiary/aromatic N) is 4. The van der Waals surface area contributed by atoms with Gasteiger partial charge in [-0.1, -0.05) is 20.3 Å². The normalized spacial score (nSPS) is 15.2. The summed E-state index contributed by atoms with van der Waals surface area (Å²) >= 11 is 0.